The van der Waals surface area contributed by atoms with Crippen LogP contribution in [-0.2, 0) is 11.3 Å². The molecule has 1 amide bonds. The van der Waals surface area contributed by atoms with Crippen molar-refractivity contribution >= 4 is 34.5 Å². The Kier molecular flexibility index (Phi) is 5.84. The van der Waals surface area contributed by atoms with Gasteiger partial charge in [0.15, 0.2) is 0 Å². The number of anilines is 1. The van der Waals surface area contributed by atoms with Gasteiger partial charge in [-0.05, 0) is 58.0 Å². The Balaban J connectivity index is 2.05. The Morgan fingerprint density at radius 1 is 1.26 bits per heavy atom. The van der Waals surface area contributed by atoms with Gasteiger partial charge < -0.3 is 5.32 Å². The Labute approximate surface area is 147 Å². The molecular formula is C18H23ClN2OS. The highest BCUT2D eigenvalue weighted by Gasteiger charge is 2.20. The standard InChI is InChI=1S/C18H23ClN2OS/c1-11-8-12(2)17(13(3)9-11)20-18(22)14(4)21(5)10-15-6-7-16(19)23-15/h6-9,14H,10H2,1-5H3,(H,20,22). The number of halogens is 1. The van der Waals surface area contributed by atoms with Crippen molar-refractivity contribution in [3.63, 3.8) is 0 Å². The molecule has 0 saturated heterocycles. The molecule has 0 radical (unpaired) electrons. The Hall–Kier alpha value is -1.36. The van der Waals surface area contributed by atoms with Gasteiger partial charge in [0.25, 0.3) is 0 Å². The first-order valence-electron chi connectivity index (χ1n) is 7.61. The molecule has 0 fully saturated rings. The van der Waals surface area contributed by atoms with Gasteiger partial charge in [-0.15, -0.1) is 11.3 Å². The molecule has 3 nitrogen and oxygen atoms in total. The number of likely N-dealkylation sites (N-methyl/N-ethyl adjacent to an activating group) is 1. The normalized spacial score (nSPS) is 12.5. The number of nitrogens with zero attached hydrogens (tertiary/aromatic N) is 1. The number of benzene rings is 1. The molecule has 124 valence electrons. The summed E-state index contributed by atoms with van der Waals surface area (Å²) in [5.41, 5.74) is 4.31. The summed E-state index contributed by atoms with van der Waals surface area (Å²) in [7, 11) is 1.95. The van der Waals surface area contributed by atoms with Crippen molar-refractivity contribution in [2.75, 3.05) is 12.4 Å². The van der Waals surface area contributed by atoms with E-state index in [4.69, 9.17) is 11.6 Å². The predicted molar refractivity (Wildman–Crippen MR) is 99.5 cm³/mol. The topological polar surface area (TPSA) is 32.3 Å². The highest BCUT2D eigenvalue weighted by atomic mass is 35.5. The van der Waals surface area contributed by atoms with Crippen molar-refractivity contribution in [3.8, 4) is 0 Å². The summed E-state index contributed by atoms with van der Waals surface area (Å²) in [6.07, 6.45) is 0. The molecule has 1 N–H and O–H groups in total. The van der Waals surface area contributed by atoms with Gasteiger partial charge >= 0.3 is 0 Å². The zero-order chi connectivity index (χ0) is 17.1. The molecule has 5 heteroatoms. The lowest BCUT2D eigenvalue weighted by Gasteiger charge is -2.24. The summed E-state index contributed by atoms with van der Waals surface area (Å²) < 4.78 is 0.774. The van der Waals surface area contributed by atoms with Crippen LogP contribution >= 0.6 is 22.9 Å². The van der Waals surface area contributed by atoms with E-state index < -0.39 is 0 Å². The fourth-order valence-corrected chi connectivity index (χ4v) is 3.78. The van der Waals surface area contributed by atoms with Gasteiger partial charge in [0.1, 0.15) is 0 Å². The number of carbonyl (C=O) groups is 1. The van der Waals surface area contributed by atoms with Crippen molar-refractivity contribution < 1.29 is 4.79 Å². The van der Waals surface area contributed by atoms with E-state index >= 15 is 0 Å². The molecule has 0 aliphatic heterocycles. The van der Waals surface area contributed by atoms with E-state index in [-0.39, 0.29) is 11.9 Å². The number of amides is 1. The maximum Gasteiger partial charge on any atom is 0.241 e. The third-order valence-corrected chi connectivity index (χ3v) is 5.22. The van der Waals surface area contributed by atoms with Crippen LogP contribution in [0.15, 0.2) is 24.3 Å². The minimum absolute atomic E-state index is 0.00482. The SMILES string of the molecule is Cc1cc(C)c(NC(=O)C(C)N(C)Cc2ccc(Cl)s2)c(C)c1. The van der Waals surface area contributed by atoms with E-state index in [1.165, 1.54) is 5.56 Å². The van der Waals surface area contributed by atoms with Gasteiger partial charge in [-0.2, -0.15) is 0 Å². The van der Waals surface area contributed by atoms with E-state index in [9.17, 15) is 4.79 Å². The lowest BCUT2D eigenvalue weighted by Crippen LogP contribution is -2.39. The molecule has 0 aliphatic carbocycles. The first-order valence-corrected chi connectivity index (χ1v) is 8.80. The summed E-state index contributed by atoms with van der Waals surface area (Å²) in [6.45, 7) is 8.74. The zero-order valence-corrected chi connectivity index (χ0v) is 15.8. The van der Waals surface area contributed by atoms with Crippen LogP contribution in [0.5, 0.6) is 0 Å². The van der Waals surface area contributed by atoms with Crippen LogP contribution in [0.2, 0.25) is 4.34 Å². The average molecular weight is 351 g/mol. The summed E-state index contributed by atoms with van der Waals surface area (Å²) >= 11 is 7.51. The molecule has 2 rings (SSSR count). The second-order valence-electron chi connectivity index (χ2n) is 6.06. The highest BCUT2D eigenvalue weighted by Crippen LogP contribution is 2.24. The largest absolute Gasteiger partial charge is 0.324 e. The molecule has 1 atom stereocenters. The zero-order valence-electron chi connectivity index (χ0n) is 14.2. The summed E-state index contributed by atoms with van der Waals surface area (Å²) in [6, 6.07) is 7.84. The summed E-state index contributed by atoms with van der Waals surface area (Å²) in [5.74, 6) is 0.00482. The fourth-order valence-electron chi connectivity index (χ4n) is 2.62. The van der Waals surface area contributed by atoms with Crippen LogP contribution in [0, 0.1) is 20.8 Å². The third kappa shape index (κ3) is 4.56. The molecule has 0 bridgehead atoms. The molecule has 1 aromatic carbocycles. The molecular weight excluding hydrogens is 328 g/mol. The minimum atomic E-state index is -0.226. The number of hydrogen-bond donors (Lipinski definition) is 1. The number of carbonyl (C=O) groups excluding carboxylic acids is 1. The van der Waals surface area contributed by atoms with Gasteiger partial charge in [0, 0.05) is 17.1 Å². The number of rotatable bonds is 5. The molecule has 0 spiro atoms. The van der Waals surface area contributed by atoms with Gasteiger partial charge in [0.2, 0.25) is 5.91 Å². The number of nitrogens with one attached hydrogen (secondary N) is 1. The van der Waals surface area contributed by atoms with Gasteiger partial charge in [-0.3, -0.25) is 9.69 Å². The smallest absolute Gasteiger partial charge is 0.241 e. The monoisotopic (exact) mass is 350 g/mol. The van der Waals surface area contributed by atoms with Crippen molar-refractivity contribution in [3.05, 3.63) is 50.2 Å². The molecule has 0 aliphatic rings. The summed E-state index contributed by atoms with van der Waals surface area (Å²) in [5, 5.41) is 3.07. The van der Waals surface area contributed by atoms with E-state index in [1.807, 2.05) is 44.9 Å². The first-order chi connectivity index (χ1) is 10.8. The van der Waals surface area contributed by atoms with Gasteiger partial charge in [-0.1, -0.05) is 29.3 Å². The Morgan fingerprint density at radius 3 is 2.39 bits per heavy atom. The number of thiophene rings is 1. The second-order valence-corrected chi connectivity index (χ2v) is 7.86. The van der Waals surface area contributed by atoms with Crippen LogP contribution in [0.1, 0.15) is 28.5 Å². The van der Waals surface area contributed by atoms with Crippen molar-refractivity contribution in [2.45, 2.75) is 40.3 Å². The fraction of sp³-hybridized carbons (Fsp3) is 0.389. The second kappa shape index (κ2) is 7.47. The van der Waals surface area contributed by atoms with Crippen LogP contribution in [0.4, 0.5) is 5.69 Å². The third-order valence-electron chi connectivity index (χ3n) is 4.00. The van der Waals surface area contributed by atoms with E-state index in [0.29, 0.717) is 6.54 Å². The van der Waals surface area contributed by atoms with E-state index in [0.717, 1.165) is 26.0 Å². The molecule has 1 aromatic heterocycles. The number of aryl methyl sites for hydroxylation is 3. The first kappa shape index (κ1) is 18.0. The van der Waals surface area contributed by atoms with E-state index in [2.05, 4.69) is 24.4 Å². The lowest BCUT2D eigenvalue weighted by atomic mass is 10.0. The van der Waals surface area contributed by atoms with Gasteiger partial charge in [-0.25, -0.2) is 0 Å². The van der Waals surface area contributed by atoms with Crippen LogP contribution in [0.25, 0.3) is 0 Å². The minimum Gasteiger partial charge on any atom is -0.324 e. The molecule has 1 heterocycles. The quantitative estimate of drug-likeness (QED) is 0.841. The Morgan fingerprint density at radius 2 is 1.87 bits per heavy atom. The van der Waals surface area contributed by atoms with Crippen LogP contribution in [0.3, 0.4) is 0 Å². The molecule has 1 unspecified atom stereocenters. The van der Waals surface area contributed by atoms with Crippen LogP contribution < -0.4 is 5.32 Å². The van der Waals surface area contributed by atoms with Crippen molar-refractivity contribution in [1.29, 1.82) is 0 Å². The summed E-state index contributed by atoms with van der Waals surface area (Å²) in [4.78, 5) is 15.7. The van der Waals surface area contributed by atoms with Crippen molar-refractivity contribution in [2.24, 2.45) is 0 Å². The molecule has 23 heavy (non-hydrogen) atoms. The van der Waals surface area contributed by atoms with Crippen molar-refractivity contribution in [1.82, 2.24) is 4.90 Å². The highest BCUT2D eigenvalue weighted by molar-refractivity contribution is 7.16. The maximum atomic E-state index is 12.6. The Bertz CT molecular complexity index is 688. The van der Waals surface area contributed by atoms with Gasteiger partial charge in [0.05, 0.1) is 10.4 Å². The molecule has 0 saturated carbocycles. The average Bonchev–Trinajstić information content (AvgIpc) is 2.86. The lowest BCUT2D eigenvalue weighted by molar-refractivity contribution is -0.120. The van der Waals surface area contributed by atoms with Crippen LogP contribution in [-0.4, -0.2) is 23.9 Å². The van der Waals surface area contributed by atoms with E-state index in [1.54, 1.807) is 11.3 Å². The predicted octanol–water partition coefficient (Wildman–Crippen LogP) is 4.79. The number of hydrogen-bond acceptors (Lipinski definition) is 3. The molecule has 2 aromatic rings. The maximum absolute atomic E-state index is 12.6.